The number of hydrogen-bond acceptors (Lipinski definition) is 12. The summed E-state index contributed by atoms with van der Waals surface area (Å²) in [6.45, 7) is 21.3. The molecular formula is C38H72N2O10. The Balaban J connectivity index is 2.15. The van der Waals surface area contributed by atoms with Crippen LogP contribution in [0.3, 0.4) is 0 Å². The average molecular weight is 717 g/mol. The van der Waals surface area contributed by atoms with Gasteiger partial charge < -0.3 is 53.9 Å². The average Bonchev–Trinajstić information content (AvgIpc) is 2.98. The molecule has 3 heterocycles. The highest BCUT2D eigenvalue weighted by Gasteiger charge is 2.51. The lowest BCUT2D eigenvalue weighted by Gasteiger charge is -2.48. The summed E-state index contributed by atoms with van der Waals surface area (Å²) in [6.07, 6.45) is -4.42. The number of aliphatic hydroxyl groups is 4. The van der Waals surface area contributed by atoms with Crippen molar-refractivity contribution in [2.75, 3.05) is 27.7 Å². The van der Waals surface area contributed by atoms with E-state index >= 15 is 0 Å². The van der Waals surface area contributed by atoms with Gasteiger partial charge in [-0.2, -0.15) is 0 Å². The molecule has 3 saturated heterocycles. The van der Waals surface area contributed by atoms with Gasteiger partial charge in [-0.05, 0) is 99.7 Å². The Kier molecular flexibility index (Phi) is 14.8. The Morgan fingerprint density at radius 3 is 2.10 bits per heavy atom. The quantitative estimate of drug-likeness (QED) is 0.298. The summed E-state index contributed by atoms with van der Waals surface area (Å²) >= 11 is 0. The van der Waals surface area contributed by atoms with Crippen LogP contribution in [0.25, 0.3) is 0 Å². The summed E-state index contributed by atoms with van der Waals surface area (Å²) in [4.78, 5) is 18.1. The number of aliphatic hydroxyl groups excluding tert-OH is 2. The SMILES string of the molecule is CC[C@H]1OC(=O)[C@H](C)[C@@H](OC2CC(C)(C)C[C@H](C)O2)C(C)[C@@H](OC2O[C@H](C)C[C@H](N(C)C)[C@H]2O)[C@](C)(O)C[C@@H](C)CN(C)[C@H](C)[C@@H](O)[C@]1(C)O. The molecule has 0 spiro atoms. The molecular weight excluding hydrogens is 644 g/mol. The van der Waals surface area contributed by atoms with Gasteiger partial charge in [0, 0.05) is 31.0 Å². The van der Waals surface area contributed by atoms with E-state index in [1.54, 1.807) is 13.8 Å². The van der Waals surface area contributed by atoms with Crippen molar-refractivity contribution in [3.8, 4) is 0 Å². The van der Waals surface area contributed by atoms with Crippen molar-refractivity contribution in [1.29, 1.82) is 0 Å². The topological polar surface area (TPSA) is 151 Å². The molecule has 12 heteroatoms. The number of hydrogen-bond donors (Lipinski definition) is 4. The Morgan fingerprint density at radius 2 is 1.54 bits per heavy atom. The minimum atomic E-state index is -1.75. The predicted octanol–water partition coefficient (Wildman–Crippen LogP) is 3.55. The van der Waals surface area contributed by atoms with Gasteiger partial charge in [-0.3, -0.25) is 4.79 Å². The maximum atomic E-state index is 14.2. The summed E-state index contributed by atoms with van der Waals surface area (Å²) < 4.78 is 32.1. The largest absolute Gasteiger partial charge is 0.459 e. The molecule has 3 aliphatic heterocycles. The third-order valence-electron chi connectivity index (χ3n) is 11.7. The smallest absolute Gasteiger partial charge is 0.311 e. The lowest BCUT2D eigenvalue weighted by molar-refractivity contribution is -0.308. The van der Waals surface area contributed by atoms with Crippen LogP contribution in [0.2, 0.25) is 0 Å². The van der Waals surface area contributed by atoms with Crippen molar-refractivity contribution in [3.63, 3.8) is 0 Å². The maximum absolute atomic E-state index is 14.2. The fourth-order valence-corrected chi connectivity index (χ4v) is 8.89. The van der Waals surface area contributed by atoms with Gasteiger partial charge in [-0.25, -0.2) is 0 Å². The zero-order valence-electron chi connectivity index (χ0n) is 33.5. The number of rotatable bonds is 6. The molecule has 0 amide bonds. The molecule has 3 aliphatic rings. The Hall–Kier alpha value is -0.930. The second-order valence-electron chi connectivity index (χ2n) is 17.7. The van der Waals surface area contributed by atoms with E-state index in [0.717, 1.165) is 6.42 Å². The standard InChI is InChI=1S/C38H72N2O10/c1-15-28-38(11,45)32(42)26(7)40(14)20-21(2)17-37(10,44)33(50-35-30(41)27(39(12)13)16-22(3)47-35)24(5)31(25(6)34(43)48-28)49-29-19-36(8,9)18-23(4)46-29/h21-33,35,41-42,44-45H,15-20H2,1-14H3/t21-,22-,23+,24?,25-,26-,27+,28-,29?,30-,31+,32-,33-,35?,37-,38-/m1/s1. The molecule has 4 N–H and O–H groups in total. The summed E-state index contributed by atoms with van der Waals surface area (Å²) in [5.41, 5.74) is -3.31. The number of esters is 1. The van der Waals surface area contributed by atoms with Gasteiger partial charge in [0.25, 0.3) is 0 Å². The third kappa shape index (κ3) is 10.4. The number of ether oxygens (including phenoxy) is 5. The third-order valence-corrected chi connectivity index (χ3v) is 11.7. The fourth-order valence-electron chi connectivity index (χ4n) is 8.89. The first-order valence-corrected chi connectivity index (χ1v) is 18.9. The first kappa shape index (κ1) is 43.5. The van der Waals surface area contributed by atoms with Crippen molar-refractivity contribution in [2.24, 2.45) is 23.2 Å². The predicted molar refractivity (Wildman–Crippen MR) is 191 cm³/mol. The van der Waals surface area contributed by atoms with E-state index in [4.69, 9.17) is 23.7 Å². The van der Waals surface area contributed by atoms with Crippen LogP contribution in [0.15, 0.2) is 0 Å². The fraction of sp³-hybridized carbons (Fsp3) is 0.974. The second kappa shape index (κ2) is 17.0. The molecule has 0 aromatic rings. The van der Waals surface area contributed by atoms with Crippen LogP contribution in [0.5, 0.6) is 0 Å². The van der Waals surface area contributed by atoms with Gasteiger partial charge in [-0.1, -0.05) is 34.6 Å². The highest BCUT2D eigenvalue weighted by molar-refractivity contribution is 5.73. The van der Waals surface area contributed by atoms with E-state index in [0.29, 0.717) is 19.4 Å². The molecule has 50 heavy (non-hydrogen) atoms. The van der Waals surface area contributed by atoms with Crippen LogP contribution in [0, 0.1) is 23.2 Å². The van der Waals surface area contributed by atoms with Crippen LogP contribution in [-0.4, -0.2) is 142 Å². The summed E-state index contributed by atoms with van der Waals surface area (Å²) in [7, 11) is 5.68. The highest BCUT2D eigenvalue weighted by Crippen LogP contribution is 2.41. The van der Waals surface area contributed by atoms with Crippen molar-refractivity contribution >= 4 is 5.97 Å². The molecule has 0 radical (unpaired) electrons. The molecule has 0 aromatic carbocycles. The van der Waals surface area contributed by atoms with Crippen molar-refractivity contribution in [2.45, 2.75) is 187 Å². The normalized spacial score (nSPS) is 47.7. The maximum Gasteiger partial charge on any atom is 0.311 e. The van der Waals surface area contributed by atoms with E-state index < -0.39 is 78.1 Å². The zero-order valence-corrected chi connectivity index (χ0v) is 33.5. The molecule has 0 bridgehead atoms. The number of nitrogens with zero attached hydrogens (tertiary/aromatic N) is 2. The molecule has 12 nitrogen and oxygen atoms in total. The number of carbonyl (C=O) groups is 1. The Bertz CT molecular complexity index is 1090. The minimum Gasteiger partial charge on any atom is -0.459 e. The van der Waals surface area contributed by atoms with Gasteiger partial charge in [0.05, 0.1) is 35.9 Å². The van der Waals surface area contributed by atoms with Gasteiger partial charge >= 0.3 is 5.97 Å². The number of carbonyl (C=O) groups excluding carboxylic acids is 1. The molecule has 294 valence electrons. The van der Waals surface area contributed by atoms with Crippen molar-refractivity contribution < 1.29 is 48.9 Å². The second-order valence-corrected chi connectivity index (χ2v) is 17.7. The Labute approximate surface area is 302 Å². The molecule has 3 rings (SSSR count). The van der Waals surface area contributed by atoms with Crippen LogP contribution in [-0.2, 0) is 28.5 Å². The number of likely N-dealkylation sites (N-methyl/N-ethyl adjacent to an activating group) is 2. The molecule has 3 fully saturated rings. The first-order valence-electron chi connectivity index (χ1n) is 18.9. The van der Waals surface area contributed by atoms with Gasteiger partial charge in [0.15, 0.2) is 12.6 Å². The van der Waals surface area contributed by atoms with E-state index in [2.05, 4.69) is 13.8 Å². The summed E-state index contributed by atoms with van der Waals surface area (Å²) in [5, 5.41) is 47.2. The van der Waals surface area contributed by atoms with Crippen molar-refractivity contribution in [3.05, 3.63) is 0 Å². The zero-order chi connectivity index (χ0) is 38.1. The van der Waals surface area contributed by atoms with Gasteiger partial charge in [0.2, 0.25) is 0 Å². The van der Waals surface area contributed by atoms with E-state index in [9.17, 15) is 25.2 Å². The van der Waals surface area contributed by atoms with Gasteiger partial charge in [-0.15, -0.1) is 0 Å². The Morgan fingerprint density at radius 1 is 0.920 bits per heavy atom. The van der Waals surface area contributed by atoms with Crippen LogP contribution in [0.1, 0.15) is 108 Å². The van der Waals surface area contributed by atoms with Crippen molar-refractivity contribution in [1.82, 2.24) is 9.80 Å². The van der Waals surface area contributed by atoms with Gasteiger partial charge in [0.1, 0.15) is 23.9 Å². The van der Waals surface area contributed by atoms with Crippen LogP contribution < -0.4 is 0 Å². The first-order chi connectivity index (χ1) is 22.9. The molecule has 0 saturated carbocycles. The lowest BCUT2D eigenvalue weighted by atomic mass is 9.77. The molecule has 0 aliphatic carbocycles. The minimum absolute atomic E-state index is 0.0742. The van der Waals surface area contributed by atoms with E-state index in [1.165, 1.54) is 6.92 Å². The molecule has 16 atom stereocenters. The monoisotopic (exact) mass is 717 g/mol. The van der Waals surface area contributed by atoms with Crippen LogP contribution in [0.4, 0.5) is 0 Å². The van der Waals surface area contributed by atoms with E-state index in [-0.39, 0.29) is 42.4 Å². The highest BCUT2D eigenvalue weighted by atomic mass is 16.7. The van der Waals surface area contributed by atoms with E-state index in [1.807, 2.05) is 72.5 Å². The van der Waals surface area contributed by atoms with Crippen LogP contribution >= 0.6 is 0 Å². The summed E-state index contributed by atoms with van der Waals surface area (Å²) in [6, 6.07) is -0.732. The number of cyclic esters (lactones) is 1. The molecule has 3 unspecified atom stereocenters. The summed E-state index contributed by atoms with van der Waals surface area (Å²) in [5.74, 6) is -2.24. The lowest BCUT2D eigenvalue weighted by Crippen LogP contribution is -2.59. The molecule has 0 aromatic heterocycles.